The highest BCUT2D eigenvalue weighted by molar-refractivity contribution is 7.13. The molecule has 0 atom stereocenters. The number of aromatic nitrogens is 2. The molecule has 2 N–H and O–H groups in total. The topological polar surface area (TPSA) is 84.0 Å². The lowest BCUT2D eigenvalue weighted by Gasteiger charge is -2.07. The highest BCUT2D eigenvalue weighted by Crippen LogP contribution is 2.16. The van der Waals surface area contributed by atoms with E-state index < -0.39 is 0 Å². The van der Waals surface area contributed by atoms with Crippen LogP contribution < -0.4 is 10.6 Å². The van der Waals surface area contributed by atoms with Crippen molar-refractivity contribution in [3.8, 4) is 0 Å². The van der Waals surface area contributed by atoms with E-state index in [4.69, 9.17) is 11.6 Å². The van der Waals surface area contributed by atoms with E-state index in [2.05, 4.69) is 20.8 Å². The van der Waals surface area contributed by atoms with Crippen molar-refractivity contribution in [2.45, 2.75) is 26.3 Å². The van der Waals surface area contributed by atoms with Crippen LogP contribution in [0.15, 0.2) is 48.5 Å². The Morgan fingerprint density at radius 3 is 2.57 bits per heavy atom. The minimum Gasteiger partial charge on any atom is -0.348 e. The Kier molecular flexibility index (Phi) is 6.73. The fourth-order valence-electron chi connectivity index (χ4n) is 2.48. The number of carbonyl (C=O) groups excluding carboxylic acids is 2. The lowest BCUT2D eigenvalue weighted by Crippen LogP contribution is -2.22. The highest BCUT2D eigenvalue weighted by Gasteiger charge is 2.13. The zero-order valence-corrected chi connectivity index (χ0v) is 16.8. The van der Waals surface area contributed by atoms with Crippen molar-refractivity contribution < 1.29 is 9.59 Å². The standard InChI is InChI=1S/C20H19ClN4O2S/c1-2-4-17-24-25-20(28-17)19(27)23-16-9-7-14(8-10-16)18(26)22-12-13-5-3-6-15(21)11-13/h3,5-11H,2,4,12H2,1H3,(H,22,26)(H,23,27). The third-order valence-corrected chi connectivity index (χ3v) is 5.09. The zero-order chi connectivity index (χ0) is 19.9. The van der Waals surface area contributed by atoms with Crippen LogP contribution in [0.3, 0.4) is 0 Å². The first-order valence-corrected chi connectivity index (χ1v) is 10.0. The Labute approximate surface area is 172 Å². The molecule has 0 aliphatic heterocycles. The van der Waals surface area contributed by atoms with Crippen molar-refractivity contribution in [1.29, 1.82) is 0 Å². The molecule has 0 aliphatic rings. The number of carbonyl (C=O) groups is 2. The van der Waals surface area contributed by atoms with Gasteiger partial charge >= 0.3 is 0 Å². The van der Waals surface area contributed by atoms with Gasteiger partial charge in [0, 0.05) is 29.2 Å². The highest BCUT2D eigenvalue weighted by atomic mass is 35.5. The first-order valence-electron chi connectivity index (χ1n) is 8.81. The van der Waals surface area contributed by atoms with Gasteiger partial charge in [-0.15, -0.1) is 10.2 Å². The van der Waals surface area contributed by atoms with Crippen molar-refractivity contribution >= 4 is 40.4 Å². The maximum atomic E-state index is 12.3. The molecule has 144 valence electrons. The number of nitrogens with one attached hydrogen (secondary N) is 2. The molecule has 6 nitrogen and oxygen atoms in total. The summed E-state index contributed by atoms with van der Waals surface area (Å²) in [6.07, 6.45) is 1.76. The van der Waals surface area contributed by atoms with Crippen molar-refractivity contribution in [2.24, 2.45) is 0 Å². The summed E-state index contributed by atoms with van der Waals surface area (Å²) in [4.78, 5) is 24.5. The summed E-state index contributed by atoms with van der Waals surface area (Å²) < 4.78 is 0. The molecule has 0 unspecified atom stereocenters. The molecule has 0 spiro atoms. The number of benzene rings is 2. The maximum Gasteiger partial charge on any atom is 0.286 e. The number of halogens is 1. The summed E-state index contributed by atoms with van der Waals surface area (Å²) in [7, 11) is 0. The maximum absolute atomic E-state index is 12.3. The number of nitrogens with zero attached hydrogens (tertiary/aromatic N) is 2. The summed E-state index contributed by atoms with van der Waals surface area (Å²) in [5.41, 5.74) is 2.01. The van der Waals surface area contributed by atoms with Crippen LogP contribution in [0, 0.1) is 0 Å². The fourth-order valence-corrected chi connectivity index (χ4v) is 3.53. The van der Waals surface area contributed by atoms with Gasteiger partial charge in [-0.05, 0) is 48.4 Å². The lowest BCUT2D eigenvalue weighted by atomic mass is 10.1. The summed E-state index contributed by atoms with van der Waals surface area (Å²) in [6.45, 7) is 2.43. The van der Waals surface area contributed by atoms with Gasteiger partial charge in [0.1, 0.15) is 5.01 Å². The Balaban J connectivity index is 1.56. The van der Waals surface area contributed by atoms with Crippen LogP contribution >= 0.6 is 22.9 Å². The molecule has 2 aromatic carbocycles. The summed E-state index contributed by atoms with van der Waals surface area (Å²) in [5, 5.41) is 15.3. The van der Waals surface area contributed by atoms with E-state index in [0.29, 0.717) is 27.8 Å². The minimum absolute atomic E-state index is 0.203. The minimum atomic E-state index is -0.307. The van der Waals surface area contributed by atoms with Crippen LogP contribution in [0.5, 0.6) is 0 Å². The molecular weight excluding hydrogens is 396 g/mol. The van der Waals surface area contributed by atoms with E-state index in [9.17, 15) is 9.59 Å². The molecule has 0 fully saturated rings. The molecule has 3 aromatic rings. The average molecular weight is 415 g/mol. The lowest BCUT2D eigenvalue weighted by molar-refractivity contribution is 0.0950. The van der Waals surface area contributed by atoms with E-state index in [-0.39, 0.29) is 11.8 Å². The third kappa shape index (κ3) is 5.37. The molecule has 1 aromatic heterocycles. The molecule has 28 heavy (non-hydrogen) atoms. The van der Waals surface area contributed by atoms with Crippen LogP contribution in [-0.2, 0) is 13.0 Å². The Hall–Kier alpha value is -2.77. The van der Waals surface area contributed by atoms with Crippen LogP contribution in [0.4, 0.5) is 5.69 Å². The smallest absolute Gasteiger partial charge is 0.286 e. The molecule has 0 aliphatic carbocycles. The quantitative estimate of drug-likeness (QED) is 0.602. The molecule has 0 saturated heterocycles. The van der Waals surface area contributed by atoms with Gasteiger partial charge in [0.25, 0.3) is 11.8 Å². The molecule has 0 bridgehead atoms. The average Bonchev–Trinajstić information content (AvgIpc) is 3.16. The third-order valence-electron chi connectivity index (χ3n) is 3.87. The second-order valence-corrected chi connectivity index (χ2v) is 7.59. The number of anilines is 1. The Morgan fingerprint density at radius 1 is 1.07 bits per heavy atom. The number of hydrogen-bond donors (Lipinski definition) is 2. The van der Waals surface area contributed by atoms with Gasteiger partial charge in [0.05, 0.1) is 0 Å². The fraction of sp³-hybridized carbons (Fsp3) is 0.200. The number of aryl methyl sites for hydroxylation is 1. The molecule has 0 radical (unpaired) electrons. The SMILES string of the molecule is CCCc1nnc(C(=O)Nc2ccc(C(=O)NCc3cccc(Cl)c3)cc2)s1. The molecule has 0 saturated carbocycles. The first-order chi connectivity index (χ1) is 13.5. The molecular formula is C20H19ClN4O2S. The molecule has 3 rings (SSSR count). The van der Waals surface area contributed by atoms with Crippen molar-refractivity contribution in [3.63, 3.8) is 0 Å². The predicted octanol–water partition coefficient (Wildman–Crippen LogP) is 4.33. The normalized spacial score (nSPS) is 10.5. The second-order valence-electron chi connectivity index (χ2n) is 6.10. The Morgan fingerprint density at radius 2 is 1.86 bits per heavy atom. The van der Waals surface area contributed by atoms with E-state index in [1.54, 1.807) is 36.4 Å². The van der Waals surface area contributed by atoms with Crippen LogP contribution in [0.2, 0.25) is 5.02 Å². The van der Waals surface area contributed by atoms with Crippen LogP contribution in [-0.4, -0.2) is 22.0 Å². The second kappa shape index (κ2) is 9.43. The summed E-state index contributed by atoms with van der Waals surface area (Å²) in [6, 6.07) is 14.0. The van der Waals surface area contributed by atoms with E-state index >= 15 is 0 Å². The largest absolute Gasteiger partial charge is 0.348 e. The first kappa shape index (κ1) is 20.0. The Bertz CT molecular complexity index is 972. The van der Waals surface area contributed by atoms with Gasteiger partial charge in [-0.3, -0.25) is 9.59 Å². The van der Waals surface area contributed by atoms with Gasteiger partial charge in [0.2, 0.25) is 5.01 Å². The van der Waals surface area contributed by atoms with Gasteiger partial charge < -0.3 is 10.6 Å². The van der Waals surface area contributed by atoms with E-state index in [0.717, 1.165) is 23.4 Å². The van der Waals surface area contributed by atoms with Crippen molar-refractivity contribution in [2.75, 3.05) is 5.32 Å². The van der Waals surface area contributed by atoms with Gasteiger partial charge in [0.15, 0.2) is 0 Å². The van der Waals surface area contributed by atoms with Gasteiger partial charge in [-0.2, -0.15) is 0 Å². The van der Waals surface area contributed by atoms with E-state index in [1.807, 2.05) is 19.1 Å². The molecule has 2 amide bonds. The number of rotatable bonds is 7. The van der Waals surface area contributed by atoms with Crippen molar-refractivity contribution in [1.82, 2.24) is 15.5 Å². The summed E-state index contributed by atoms with van der Waals surface area (Å²) in [5.74, 6) is -0.510. The monoisotopic (exact) mass is 414 g/mol. The summed E-state index contributed by atoms with van der Waals surface area (Å²) >= 11 is 7.23. The zero-order valence-electron chi connectivity index (χ0n) is 15.2. The molecule has 8 heteroatoms. The number of amides is 2. The van der Waals surface area contributed by atoms with Crippen LogP contribution in [0.1, 0.15) is 44.1 Å². The number of hydrogen-bond acceptors (Lipinski definition) is 5. The van der Waals surface area contributed by atoms with Crippen molar-refractivity contribution in [3.05, 3.63) is 74.7 Å². The van der Waals surface area contributed by atoms with Gasteiger partial charge in [-0.1, -0.05) is 42.0 Å². The molecule has 1 heterocycles. The van der Waals surface area contributed by atoms with Gasteiger partial charge in [-0.25, -0.2) is 0 Å². The predicted molar refractivity (Wildman–Crippen MR) is 111 cm³/mol. The van der Waals surface area contributed by atoms with E-state index in [1.165, 1.54) is 11.3 Å². The van der Waals surface area contributed by atoms with Crippen LogP contribution in [0.25, 0.3) is 0 Å².